The number of rotatable bonds is 7. The zero-order chi connectivity index (χ0) is 22.7. The number of amides is 2. The summed E-state index contributed by atoms with van der Waals surface area (Å²) in [6.07, 6.45) is 1.23. The molecule has 32 heavy (non-hydrogen) atoms. The van der Waals surface area contributed by atoms with Crippen LogP contribution in [0, 0.1) is 11.7 Å². The van der Waals surface area contributed by atoms with Crippen LogP contribution in [0.25, 0.3) is 11.5 Å². The summed E-state index contributed by atoms with van der Waals surface area (Å²) in [5, 5.41) is 13.5. The summed E-state index contributed by atoms with van der Waals surface area (Å²) in [4.78, 5) is 24.8. The molecule has 1 aliphatic heterocycles. The van der Waals surface area contributed by atoms with Crippen LogP contribution >= 0.6 is 0 Å². The van der Waals surface area contributed by atoms with Crippen LogP contribution in [0.2, 0.25) is 0 Å². The highest BCUT2D eigenvalue weighted by atomic mass is 19.1. The number of hydrogen-bond donors (Lipinski definition) is 3. The Hall–Kier alpha value is -3.66. The van der Waals surface area contributed by atoms with Gasteiger partial charge in [0.15, 0.2) is 18.7 Å². The van der Waals surface area contributed by atoms with Crippen molar-refractivity contribution in [1.29, 1.82) is 0 Å². The number of nitrogens with zero attached hydrogens (tertiary/aromatic N) is 2. The Morgan fingerprint density at radius 2 is 2.12 bits per heavy atom. The molecule has 0 aliphatic carbocycles. The van der Waals surface area contributed by atoms with Gasteiger partial charge in [-0.2, -0.15) is 5.10 Å². The third-order valence-corrected chi connectivity index (χ3v) is 5.08. The third kappa shape index (κ3) is 4.97. The van der Waals surface area contributed by atoms with Crippen molar-refractivity contribution in [2.24, 2.45) is 5.92 Å². The molecule has 0 radical (unpaired) electrons. The van der Waals surface area contributed by atoms with E-state index in [1.807, 2.05) is 13.8 Å². The second-order valence-electron chi connectivity index (χ2n) is 7.82. The molecule has 3 aromatic rings. The van der Waals surface area contributed by atoms with Gasteiger partial charge in [-0.3, -0.25) is 14.9 Å². The number of ether oxygens (including phenoxy) is 1. The van der Waals surface area contributed by atoms with Gasteiger partial charge in [-0.15, -0.1) is 0 Å². The van der Waals surface area contributed by atoms with E-state index in [1.165, 1.54) is 35.2 Å². The molecule has 2 atom stereocenters. The van der Waals surface area contributed by atoms with Crippen molar-refractivity contribution in [2.75, 3.05) is 11.9 Å². The first-order chi connectivity index (χ1) is 15.4. The van der Waals surface area contributed by atoms with Crippen LogP contribution in [0.4, 0.5) is 10.2 Å². The van der Waals surface area contributed by atoms with E-state index in [0.717, 1.165) is 0 Å². The van der Waals surface area contributed by atoms with Crippen molar-refractivity contribution in [1.82, 2.24) is 20.4 Å². The van der Waals surface area contributed by atoms with E-state index in [2.05, 4.69) is 21.0 Å². The minimum Gasteiger partial charge on any atom is -0.484 e. The van der Waals surface area contributed by atoms with E-state index in [4.69, 9.17) is 9.15 Å². The molecule has 168 valence electrons. The van der Waals surface area contributed by atoms with Gasteiger partial charge in [-0.1, -0.05) is 13.8 Å². The summed E-state index contributed by atoms with van der Waals surface area (Å²) in [5.41, 5.74) is 0.493. The van der Waals surface area contributed by atoms with Gasteiger partial charge in [-0.25, -0.2) is 9.07 Å². The number of aromatic nitrogens is 2. The first-order valence-corrected chi connectivity index (χ1v) is 10.3. The van der Waals surface area contributed by atoms with Gasteiger partial charge in [0.1, 0.15) is 23.1 Å². The normalized spacial score (nSPS) is 18.4. The lowest BCUT2D eigenvalue weighted by atomic mass is 9.99. The minimum absolute atomic E-state index is 0.0460. The standard InChI is InChI=1S/C22H24FN5O4/c1-13(2)16-11-20(29)26-22(24-16)28-19(10-17(27-28)18-4-3-9-31-18)25-21(30)12-32-15-7-5-14(23)6-8-15/h3-10,13,16,22,24H,11-12H2,1-2H3,(H,25,30)(H,26,29). The first kappa shape index (κ1) is 21.6. The summed E-state index contributed by atoms with van der Waals surface area (Å²) in [7, 11) is 0. The Morgan fingerprint density at radius 1 is 1.34 bits per heavy atom. The number of furan rings is 1. The Bertz CT molecular complexity index is 1080. The second kappa shape index (κ2) is 9.23. The van der Waals surface area contributed by atoms with Gasteiger partial charge in [0.2, 0.25) is 5.91 Å². The molecule has 10 heteroatoms. The number of carbonyl (C=O) groups is 2. The van der Waals surface area contributed by atoms with Crippen molar-refractivity contribution >= 4 is 17.6 Å². The molecule has 1 saturated heterocycles. The Balaban J connectivity index is 1.54. The Labute approximate surface area is 183 Å². The molecule has 2 amide bonds. The molecule has 2 unspecified atom stereocenters. The largest absolute Gasteiger partial charge is 0.484 e. The third-order valence-electron chi connectivity index (χ3n) is 5.08. The van der Waals surface area contributed by atoms with Crippen LogP contribution in [-0.4, -0.2) is 34.2 Å². The Morgan fingerprint density at radius 3 is 2.81 bits per heavy atom. The molecule has 3 heterocycles. The van der Waals surface area contributed by atoms with Gasteiger partial charge in [-0.05, 0) is 42.3 Å². The zero-order valence-electron chi connectivity index (χ0n) is 17.7. The van der Waals surface area contributed by atoms with Crippen LogP contribution in [-0.2, 0) is 9.59 Å². The van der Waals surface area contributed by atoms with Crippen LogP contribution in [0.3, 0.4) is 0 Å². The fraction of sp³-hybridized carbons (Fsp3) is 0.318. The van der Waals surface area contributed by atoms with Crippen molar-refractivity contribution in [3.05, 3.63) is 54.5 Å². The average Bonchev–Trinajstić information content (AvgIpc) is 3.43. The SMILES string of the molecule is CC(C)C1CC(=O)NC(n2nc(-c3ccco3)cc2NC(=O)COc2ccc(F)cc2)N1. The molecule has 0 spiro atoms. The van der Waals surface area contributed by atoms with Crippen LogP contribution in [0.5, 0.6) is 5.75 Å². The molecule has 1 fully saturated rings. The smallest absolute Gasteiger partial charge is 0.263 e. The average molecular weight is 441 g/mol. The van der Waals surface area contributed by atoms with Crippen LogP contribution in [0.1, 0.15) is 26.6 Å². The number of carbonyl (C=O) groups excluding carboxylic acids is 2. The fourth-order valence-electron chi connectivity index (χ4n) is 3.36. The molecule has 9 nitrogen and oxygen atoms in total. The number of nitrogens with one attached hydrogen (secondary N) is 3. The van der Waals surface area contributed by atoms with Crippen molar-refractivity contribution in [3.63, 3.8) is 0 Å². The summed E-state index contributed by atoms with van der Waals surface area (Å²) in [6.45, 7) is 3.77. The van der Waals surface area contributed by atoms with Crippen molar-refractivity contribution in [2.45, 2.75) is 32.6 Å². The van der Waals surface area contributed by atoms with E-state index in [0.29, 0.717) is 29.4 Å². The highest BCUT2D eigenvalue weighted by Crippen LogP contribution is 2.26. The van der Waals surface area contributed by atoms with E-state index < -0.39 is 18.0 Å². The lowest BCUT2D eigenvalue weighted by Crippen LogP contribution is -2.55. The maximum atomic E-state index is 13.0. The molecule has 0 saturated carbocycles. The lowest BCUT2D eigenvalue weighted by molar-refractivity contribution is -0.126. The molecule has 1 aromatic carbocycles. The van der Waals surface area contributed by atoms with Gasteiger partial charge in [0.25, 0.3) is 5.91 Å². The van der Waals surface area contributed by atoms with Gasteiger partial charge in [0.05, 0.1) is 6.26 Å². The Kier molecular flexibility index (Phi) is 6.22. The molecule has 2 aromatic heterocycles. The molecular formula is C22H24FN5O4. The topological polar surface area (TPSA) is 110 Å². The molecule has 1 aliphatic rings. The molecule has 4 rings (SSSR count). The molecular weight excluding hydrogens is 417 g/mol. The quantitative estimate of drug-likeness (QED) is 0.520. The van der Waals surface area contributed by atoms with Gasteiger partial charge in [0, 0.05) is 18.5 Å². The predicted octanol–water partition coefficient (Wildman–Crippen LogP) is 2.89. The molecule has 3 N–H and O–H groups in total. The van der Waals surface area contributed by atoms with E-state index in [-0.39, 0.29) is 24.5 Å². The molecule has 0 bridgehead atoms. The highest BCUT2D eigenvalue weighted by molar-refractivity contribution is 5.91. The minimum atomic E-state index is -0.652. The summed E-state index contributed by atoms with van der Waals surface area (Å²) in [5.74, 6) is 0.523. The highest BCUT2D eigenvalue weighted by Gasteiger charge is 2.31. The van der Waals surface area contributed by atoms with E-state index in [9.17, 15) is 14.0 Å². The maximum Gasteiger partial charge on any atom is 0.263 e. The number of anilines is 1. The zero-order valence-corrected chi connectivity index (χ0v) is 17.7. The van der Waals surface area contributed by atoms with Gasteiger partial charge < -0.3 is 19.8 Å². The monoisotopic (exact) mass is 441 g/mol. The summed E-state index contributed by atoms with van der Waals surface area (Å²) >= 11 is 0. The lowest BCUT2D eigenvalue weighted by Gasteiger charge is -2.34. The van der Waals surface area contributed by atoms with Crippen LogP contribution < -0.4 is 20.7 Å². The van der Waals surface area contributed by atoms with E-state index in [1.54, 1.807) is 18.2 Å². The maximum absolute atomic E-state index is 13.0. The summed E-state index contributed by atoms with van der Waals surface area (Å²) < 4.78 is 25.4. The predicted molar refractivity (Wildman–Crippen MR) is 114 cm³/mol. The van der Waals surface area contributed by atoms with E-state index >= 15 is 0 Å². The fourth-order valence-corrected chi connectivity index (χ4v) is 3.36. The first-order valence-electron chi connectivity index (χ1n) is 10.3. The van der Waals surface area contributed by atoms with Crippen molar-refractivity contribution < 1.29 is 23.1 Å². The number of benzene rings is 1. The van der Waals surface area contributed by atoms with Gasteiger partial charge >= 0.3 is 0 Å². The van der Waals surface area contributed by atoms with Crippen molar-refractivity contribution in [3.8, 4) is 17.2 Å². The number of halogens is 1. The summed E-state index contributed by atoms with van der Waals surface area (Å²) in [6, 6.07) is 10.5. The van der Waals surface area contributed by atoms with Crippen LogP contribution in [0.15, 0.2) is 53.1 Å². The second-order valence-corrected chi connectivity index (χ2v) is 7.82. The number of hydrogen-bond acceptors (Lipinski definition) is 6.